The Morgan fingerprint density at radius 3 is 2.39 bits per heavy atom. The molecular weight excluding hydrogens is 318 g/mol. The van der Waals surface area contributed by atoms with Crippen LogP contribution in [0.5, 0.6) is 0 Å². The lowest BCUT2D eigenvalue weighted by molar-refractivity contribution is -0.168. The van der Waals surface area contributed by atoms with E-state index in [0.717, 1.165) is 16.3 Å². The zero-order valence-electron chi connectivity index (χ0n) is 13.1. The van der Waals surface area contributed by atoms with Gasteiger partial charge in [0.1, 0.15) is 0 Å². The van der Waals surface area contributed by atoms with Crippen molar-refractivity contribution in [3.05, 3.63) is 47.0 Å². The van der Waals surface area contributed by atoms with E-state index < -0.39 is 23.5 Å². The normalized spacial score (nSPS) is 15.0. The van der Waals surface area contributed by atoms with E-state index in [1.54, 1.807) is 13.0 Å². The molecule has 2 unspecified atom stereocenters. The third-order valence-corrected chi connectivity index (χ3v) is 4.30. The number of aliphatic carboxylic acids is 1. The maximum absolute atomic E-state index is 12.3. The summed E-state index contributed by atoms with van der Waals surface area (Å²) < 4.78 is 4.87. The average molecular weight is 336 g/mol. The molecule has 2 atom stereocenters. The van der Waals surface area contributed by atoms with E-state index in [2.05, 4.69) is 5.32 Å². The van der Waals surface area contributed by atoms with E-state index in [0.29, 0.717) is 5.02 Å². The summed E-state index contributed by atoms with van der Waals surface area (Å²) in [6.07, 6.45) is 0. The Hall–Kier alpha value is -2.11. The third kappa shape index (κ3) is 3.16. The fourth-order valence-electron chi connectivity index (χ4n) is 2.35. The van der Waals surface area contributed by atoms with Gasteiger partial charge in [-0.1, -0.05) is 41.9 Å². The number of nitrogens with one attached hydrogen (secondary N) is 1. The second kappa shape index (κ2) is 6.56. The monoisotopic (exact) mass is 335 g/mol. The van der Waals surface area contributed by atoms with E-state index >= 15 is 0 Å². The van der Waals surface area contributed by atoms with E-state index in [1.807, 2.05) is 30.3 Å². The highest BCUT2D eigenvalue weighted by atomic mass is 35.5. The van der Waals surface area contributed by atoms with Gasteiger partial charge in [-0.2, -0.15) is 0 Å². The van der Waals surface area contributed by atoms with Gasteiger partial charge >= 0.3 is 5.97 Å². The summed E-state index contributed by atoms with van der Waals surface area (Å²) >= 11 is 6.19. The zero-order valence-corrected chi connectivity index (χ0v) is 13.8. The number of carbonyl (C=O) groups is 2. The third-order valence-electron chi connectivity index (χ3n) is 3.97. The minimum Gasteiger partial charge on any atom is -0.479 e. The number of carboxylic acids is 1. The van der Waals surface area contributed by atoms with Crippen LogP contribution in [0.1, 0.15) is 25.5 Å². The van der Waals surface area contributed by atoms with Crippen LogP contribution in [0.3, 0.4) is 0 Å². The Bertz CT molecular complexity index is 761. The van der Waals surface area contributed by atoms with Crippen molar-refractivity contribution in [2.45, 2.75) is 25.5 Å². The summed E-state index contributed by atoms with van der Waals surface area (Å²) in [4.78, 5) is 23.5. The number of carboxylic acid groups (broad SMARTS) is 1. The number of amides is 1. The Morgan fingerprint density at radius 1 is 1.22 bits per heavy atom. The molecule has 0 saturated carbocycles. The Labute approximate surface area is 139 Å². The fourth-order valence-corrected chi connectivity index (χ4v) is 2.58. The van der Waals surface area contributed by atoms with E-state index in [-0.39, 0.29) is 0 Å². The molecule has 2 N–H and O–H groups in total. The lowest BCUT2D eigenvalue weighted by Crippen LogP contribution is -2.52. The standard InChI is InChI=1S/C17H18ClNO4/c1-10(19-15(20)17(2,23-3)16(21)22)11-8-9-14(18)13-7-5-4-6-12(11)13/h4-10H,1-3H3,(H,19,20)(H,21,22). The molecule has 5 nitrogen and oxygen atoms in total. The van der Waals surface area contributed by atoms with Gasteiger partial charge in [0.25, 0.3) is 5.91 Å². The molecule has 23 heavy (non-hydrogen) atoms. The molecular formula is C17H18ClNO4. The Morgan fingerprint density at radius 2 is 1.83 bits per heavy atom. The molecule has 2 aromatic rings. The van der Waals surface area contributed by atoms with Gasteiger partial charge in [-0.15, -0.1) is 0 Å². The molecule has 6 heteroatoms. The van der Waals surface area contributed by atoms with Gasteiger partial charge in [0, 0.05) is 17.5 Å². The van der Waals surface area contributed by atoms with Crippen molar-refractivity contribution in [1.29, 1.82) is 0 Å². The van der Waals surface area contributed by atoms with Crippen LogP contribution >= 0.6 is 11.6 Å². The van der Waals surface area contributed by atoms with Crippen molar-refractivity contribution in [2.24, 2.45) is 0 Å². The van der Waals surface area contributed by atoms with Crippen molar-refractivity contribution in [1.82, 2.24) is 5.32 Å². The first-order chi connectivity index (χ1) is 10.8. The lowest BCUT2D eigenvalue weighted by Gasteiger charge is -2.25. The van der Waals surface area contributed by atoms with Crippen molar-refractivity contribution in [3.63, 3.8) is 0 Å². The van der Waals surface area contributed by atoms with Crippen molar-refractivity contribution >= 4 is 34.2 Å². The first-order valence-corrected chi connectivity index (χ1v) is 7.45. The van der Waals surface area contributed by atoms with Crippen LogP contribution < -0.4 is 5.32 Å². The molecule has 0 bridgehead atoms. The molecule has 0 fully saturated rings. The van der Waals surface area contributed by atoms with Gasteiger partial charge in [0.05, 0.1) is 6.04 Å². The van der Waals surface area contributed by atoms with Crippen LogP contribution in [-0.2, 0) is 14.3 Å². The number of halogens is 1. The van der Waals surface area contributed by atoms with Gasteiger partial charge < -0.3 is 15.2 Å². The maximum atomic E-state index is 12.3. The molecule has 1 amide bonds. The van der Waals surface area contributed by atoms with Gasteiger partial charge in [0.2, 0.25) is 5.60 Å². The molecule has 0 aliphatic rings. The van der Waals surface area contributed by atoms with E-state index in [4.69, 9.17) is 16.3 Å². The van der Waals surface area contributed by atoms with Crippen LogP contribution in [0, 0.1) is 0 Å². The van der Waals surface area contributed by atoms with Gasteiger partial charge in [-0.05, 0) is 30.9 Å². The average Bonchev–Trinajstić information content (AvgIpc) is 2.54. The van der Waals surface area contributed by atoms with Gasteiger partial charge in [-0.25, -0.2) is 4.79 Å². The lowest BCUT2D eigenvalue weighted by atomic mass is 9.98. The number of methoxy groups -OCH3 is 1. The zero-order chi connectivity index (χ0) is 17.2. The van der Waals surface area contributed by atoms with Crippen LogP contribution in [0.25, 0.3) is 10.8 Å². The smallest absolute Gasteiger partial charge is 0.345 e. The fraction of sp³-hybridized carbons (Fsp3) is 0.294. The van der Waals surface area contributed by atoms with Gasteiger partial charge in [-0.3, -0.25) is 4.79 Å². The predicted molar refractivity (Wildman–Crippen MR) is 88.6 cm³/mol. The number of hydrogen-bond donors (Lipinski definition) is 2. The summed E-state index contributed by atoms with van der Waals surface area (Å²) in [7, 11) is 1.19. The molecule has 0 aliphatic carbocycles. The number of carbonyl (C=O) groups excluding carboxylic acids is 1. The molecule has 2 rings (SSSR count). The summed E-state index contributed by atoms with van der Waals surface area (Å²) in [6, 6.07) is 10.7. The summed E-state index contributed by atoms with van der Waals surface area (Å²) in [5.41, 5.74) is -1.08. The number of benzene rings is 2. The molecule has 0 radical (unpaired) electrons. The first-order valence-electron chi connectivity index (χ1n) is 7.08. The second-order valence-corrected chi connectivity index (χ2v) is 5.83. The highest BCUT2D eigenvalue weighted by Crippen LogP contribution is 2.30. The maximum Gasteiger partial charge on any atom is 0.345 e. The molecule has 122 valence electrons. The predicted octanol–water partition coefficient (Wildman–Crippen LogP) is 3.16. The highest BCUT2D eigenvalue weighted by Gasteiger charge is 2.42. The molecule has 0 aromatic heterocycles. The molecule has 2 aromatic carbocycles. The minimum absolute atomic E-state index is 0.404. The van der Waals surface area contributed by atoms with Crippen LogP contribution in [0.15, 0.2) is 36.4 Å². The quantitative estimate of drug-likeness (QED) is 0.823. The highest BCUT2D eigenvalue weighted by molar-refractivity contribution is 6.35. The van der Waals surface area contributed by atoms with Crippen molar-refractivity contribution < 1.29 is 19.4 Å². The van der Waals surface area contributed by atoms with Crippen LogP contribution in [0.2, 0.25) is 5.02 Å². The summed E-state index contributed by atoms with van der Waals surface area (Å²) in [5.74, 6) is -2.05. The first kappa shape index (κ1) is 17.2. The second-order valence-electron chi connectivity index (χ2n) is 5.42. The molecule has 0 heterocycles. The van der Waals surface area contributed by atoms with Gasteiger partial charge in [0.15, 0.2) is 0 Å². The van der Waals surface area contributed by atoms with Crippen LogP contribution in [0.4, 0.5) is 0 Å². The topological polar surface area (TPSA) is 75.6 Å². The van der Waals surface area contributed by atoms with Crippen molar-refractivity contribution in [2.75, 3.05) is 7.11 Å². The number of fused-ring (bicyclic) bond motifs is 1. The summed E-state index contributed by atoms with van der Waals surface area (Å²) in [5, 5.41) is 14.3. The summed E-state index contributed by atoms with van der Waals surface area (Å²) in [6.45, 7) is 3.00. The Balaban J connectivity index is 2.35. The largest absolute Gasteiger partial charge is 0.479 e. The van der Waals surface area contributed by atoms with E-state index in [9.17, 15) is 14.7 Å². The Kier molecular flexibility index (Phi) is 4.92. The number of hydrogen-bond acceptors (Lipinski definition) is 3. The van der Waals surface area contributed by atoms with Crippen molar-refractivity contribution in [3.8, 4) is 0 Å². The molecule has 0 aliphatic heterocycles. The SMILES string of the molecule is COC(C)(C(=O)O)C(=O)NC(C)c1ccc(Cl)c2ccccc12. The molecule has 0 spiro atoms. The number of rotatable bonds is 5. The van der Waals surface area contributed by atoms with E-state index in [1.165, 1.54) is 14.0 Å². The van der Waals surface area contributed by atoms with Crippen LogP contribution in [-0.4, -0.2) is 29.7 Å². The molecule has 0 saturated heterocycles. The number of ether oxygens (including phenoxy) is 1. The minimum atomic E-state index is -1.93.